The summed E-state index contributed by atoms with van der Waals surface area (Å²) in [6, 6.07) is -2.68. The van der Waals surface area contributed by atoms with Crippen molar-refractivity contribution in [1.29, 1.82) is 0 Å². The first-order valence-corrected chi connectivity index (χ1v) is 7.57. The van der Waals surface area contributed by atoms with E-state index < -0.39 is 35.4 Å². The predicted octanol–water partition coefficient (Wildman–Crippen LogP) is 0.392. The van der Waals surface area contributed by atoms with E-state index in [0.717, 1.165) is 0 Å². The Kier molecular flexibility index (Phi) is 7.41. The first kappa shape index (κ1) is 18.6. The zero-order chi connectivity index (χ0) is 15.9. The van der Waals surface area contributed by atoms with E-state index in [1.54, 1.807) is 20.8 Å². The number of primary amides is 1. The molecule has 0 saturated heterocycles. The van der Waals surface area contributed by atoms with E-state index in [1.807, 2.05) is 6.26 Å². The summed E-state index contributed by atoms with van der Waals surface area (Å²) in [6.45, 7) is 5.14. The first-order valence-electron chi connectivity index (χ1n) is 6.17. The minimum absolute atomic E-state index is 0.381. The fourth-order valence-corrected chi connectivity index (χ4v) is 2.04. The van der Waals surface area contributed by atoms with Crippen LogP contribution in [-0.4, -0.2) is 47.1 Å². The molecule has 0 spiro atoms. The second-order valence-electron chi connectivity index (χ2n) is 5.49. The number of nitrogens with two attached hydrogens (primary N) is 1. The van der Waals surface area contributed by atoms with Crippen molar-refractivity contribution in [3.05, 3.63) is 0 Å². The van der Waals surface area contributed by atoms with E-state index in [0.29, 0.717) is 12.2 Å². The van der Waals surface area contributed by atoms with Gasteiger partial charge in [0.2, 0.25) is 5.91 Å². The Balaban J connectivity index is 4.87. The summed E-state index contributed by atoms with van der Waals surface area (Å²) in [4.78, 5) is 34.2. The SMILES string of the molecule is CSCCC(NC(N)=O)C(=O)N[C@H](C(=O)O)C(C)(C)C. The second kappa shape index (κ2) is 7.98. The fraction of sp³-hybridized carbons (Fsp3) is 0.750. The van der Waals surface area contributed by atoms with Crippen molar-refractivity contribution in [3.63, 3.8) is 0 Å². The van der Waals surface area contributed by atoms with E-state index in [9.17, 15) is 14.4 Å². The number of amides is 3. The summed E-state index contributed by atoms with van der Waals surface area (Å²) in [6.07, 6.45) is 2.25. The van der Waals surface area contributed by atoms with Crippen LogP contribution < -0.4 is 16.4 Å². The van der Waals surface area contributed by atoms with Crippen molar-refractivity contribution >= 4 is 29.7 Å². The van der Waals surface area contributed by atoms with E-state index in [-0.39, 0.29) is 0 Å². The molecule has 3 amide bonds. The maximum atomic E-state index is 12.1. The molecule has 20 heavy (non-hydrogen) atoms. The second-order valence-corrected chi connectivity index (χ2v) is 6.47. The minimum atomic E-state index is -1.12. The molecule has 7 nitrogen and oxygen atoms in total. The molecule has 2 atom stereocenters. The number of nitrogens with one attached hydrogen (secondary N) is 2. The monoisotopic (exact) mass is 305 g/mol. The van der Waals surface area contributed by atoms with Crippen LogP contribution in [0.3, 0.4) is 0 Å². The number of carbonyl (C=O) groups excluding carboxylic acids is 2. The van der Waals surface area contributed by atoms with Crippen LogP contribution in [0.25, 0.3) is 0 Å². The van der Waals surface area contributed by atoms with Gasteiger partial charge in [0.25, 0.3) is 0 Å². The predicted molar refractivity (Wildman–Crippen MR) is 78.5 cm³/mol. The van der Waals surface area contributed by atoms with Gasteiger partial charge in [0.1, 0.15) is 12.1 Å². The van der Waals surface area contributed by atoms with Crippen molar-refractivity contribution < 1.29 is 19.5 Å². The summed E-state index contributed by atoms with van der Waals surface area (Å²) >= 11 is 1.52. The lowest BCUT2D eigenvalue weighted by Crippen LogP contribution is -2.56. The molecule has 8 heteroatoms. The van der Waals surface area contributed by atoms with Crippen LogP contribution in [0.4, 0.5) is 4.79 Å². The van der Waals surface area contributed by atoms with Gasteiger partial charge >= 0.3 is 12.0 Å². The summed E-state index contributed by atoms with van der Waals surface area (Å²) in [5.74, 6) is -1.01. The Hall–Kier alpha value is -1.44. The van der Waals surface area contributed by atoms with Gasteiger partial charge in [-0.1, -0.05) is 20.8 Å². The van der Waals surface area contributed by atoms with Gasteiger partial charge in [-0.15, -0.1) is 0 Å². The van der Waals surface area contributed by atoms with Gasteiger partial charge in [-0.3, -0.25) is 4.79 Å². The average molecular weight is 305 g/mol. The topological polar surface area (TPSA) is 122 Å². The van der Waals surface area contributed by atoms with Crippen LogP contribution in [0, 0.1) is 5.41 Å². The molecule has 0 saturated carbocycles. The van der Waals surface area contributed by atoms with Gasteiger partial charge in [0, 0.05) is 0 Å². The average Bonchev–Trinajstić information content (AvgIpc) is 2.28. The van der Waals surface area contributed by atoms with Crippen LogP contribution in [0.2, 0.25) is 0 Å². The molecule has 0 radical (unpaired) electrons. The number of carbonyl (C=O) groups is 3. The van der Waals surface area contributed by atoms with E-state index in [4.69, 9.17) is 10.8 Å². The van der Waals surface area contributed by atoms with Crippen molar-refractivity contribution in [2.24, 2.45) is 11.1 Å². The number of aliphatic carboxylic acids is 1. The highest BCUT2D eigenvalue weighted by atomic mass is 32.2. The maximum absolute atomic E-state index is 12.1. The Morgan fingerprint density at radius 2 is 1.80 bits per heavy atom. The molecule has 0 aliphatic heterocycles. The van der Waals surface area contributed by atoms with Gasteiger partial charge in [-0.05, 0) is 23.8 Å². The van der Waals surface area contributed by atoms with Gasteiger partial charge in [0.05, 0.1) is 0 Å². The molecule has 0 aromatic carbocycles. The van der Waals surface area contributed by atoms with Crippen LogP contribution in [-0.2, 0) is 9.59 Å². The Morgan fingerprint density at radius 3 is 2.15 bits per heavy atom. The number of carboxylic acids is 1. The van der Waals surface area contributed by atoms with Crippen molar-refractivity contribution in [1.82, 2.24) is 10.6 Å². The first-order chi connectivity index (χ1) is 9.09. The standard InChI is InChI=1S/C12H23N3O4S/c1-12(2,3)8(10(17)18)15-9(16)7(5-6-20-4)14-11(13)19/h7-8H,5-6H2,1-4H3,(H,15,16)(H,17,18)(H3,13,14,19)/t7?,8-/m1/s1. The van der Waals surface area contributed by atoms with E-state index in [1.165, 1.54) is 11.8 Å². The quantitative estimate of drug-likeness (QED) is 0.542. The van der Waals surface area contributed by atoms with Gasteiger partial charge < -0.3 is 21.5 Å². The molecule has 0 aromatic heterocycles. The highest BCUT2D eigenvalue weighted by molar-refractivity contribution is 7.98. The molecule has 1 unspecified atom stereocenters. The van der Waals surface area contributed by atoms with Crippen molar-refractivity contribution in [2.45, 2.75) is 39.3 Å². The lowest BCUT2D eigenvalue weighted by atomic mass is 9.86. The van der Waals surface area contributed by atoms with Gasteiger partial charge in [-0.2, -0.15) is 11.8 Å². The van der Waals surface area contributed by atoms with Gasteiger partial charge in [-0.25, -0.2) is 9.59 Å². The Bertz CT molecular complexity index is 368. The summed E-state index contributed by atoms with van der Waals surface area (Å²) in [5.41, 5.74) is 4.39. The Labute approximate surface area is 123 Å². The lowest BCUT2D eigenvalue weighted by Gasteiger charge is -2.29. The van der Waals surface area contributed by atoms with Gasteiger partial charge in [0.15, 0.2) is 0 Å². The number of carboxylic acid groups (broad SMARTS) is 1. The number of hydrogen-bond donors (Lipinski definition) is 4. The minimum Gasteiger partial charge on any atom is -0.480 e. The largest absolute Gasteiger partial charge is 0.480 e. The molecule has 116 valence electrons. The van der Waals surface area contributed by atoms with Crippen molar-refractivity contribution in [3.8, 4) is 0 Å². The number of urea groups is 1. The molecule has 0 heterocycles. The highest BCUT2D eigenvalue weighted by Crippen LogP contribution is 2.19. The smallest absolute Gasteiger partial charge is 0.326 e. The fourth-order valence-electron chi connectivity index (χ4n) is 1.57. The maximum Gasteiger partial charge on any atom is 0.326 e. The van der Waals surface area contributed by atoms with Crippen LogP contribution in [0.5, 0.6) is 0 Å². The third-order valence-corrected chi connectivity index (χ3v) is 3.29. The Morgan fingerprint density at radius 1 is 1.25 bits per heavy atom. The number of hydrogen-bond acceptors (Lipinski definition) is 4. The van der Waals surface area contributed by atoms with Crippen LogP contribution in [0.1, 0.15) is 27.2 Å². The molecule has 0 aromatic rings. The third-order valence-electron chi connectivity index (χ3n) is 2.64. The highest BCUT2D eigenvalue weighted by Gasteiger charge is 2.34. The molecular weight excluding hydrogens is 282 g/mol. The molecule has 0 aliphatic carbocycles. The summed E-state index contributed by atoms with van der Waals surface area (Å²) < 4.78 is 0. The number of rotatable bonds is 7. The zero-order valence-electron chi connectivity index (χ0n) is 12.2. The van der Waals surface area contributed by atoms with Crippen LogP contribution in [0.15, 0.2) is 0 Å². The normalized spacial score (nSPS) is 14.2. The summed E-state index contributed by atoms with van der Waals surface area (Å²) in [7, 11) is 0. The molecule has 0 aliphatic rings. The molecule has 5 N–H and O–H groups in total. The summed E-state index contributed by atoms with van der Waals surface area (Å²) in [5, 5.41) is 14.0. The van der Waals surface area contributed by atoms with Crippen LogP contribution >= 0.6 is 11.8 Å². The lowest BCUT2D eigenvalue weighted by molar-refractivity contribution is -0.145. The zero-order valence-corrected chi connectivity index (χ0v) is 13.0. The van der Waals surface area contributed by atoms with E-state index >= 15 is 0 Å². The third kappa shape index (κ3) is 6.65. The molecule has 0 bridgehead atoms. The van der Waals surface area contributed by atoms with Crippen molar-refractivity contribution in [2.75, 3.05) is 12.0 Å². The molecule has 0 rings (SSSR count). The van der Waals surface area contributed by atoms with E-state index in [2.05, 4.69) is 10.6 Å². The molecule has 0 fully saturated rings. The molecular formula is C12H23N3O4S. The number of thioether (sulfide) groups is 1.